The quantitative estimate of drug-likeness (QED) is 0.871. The van der Waals surface area contributed by atoms with Crippen LogP contribution in [-0.4, -0.2) is 42.5 Å². The molecule has 130 valence electrons. The Hall–Kier alpha value is -0.970. The van der Waals surface area contributed by atoms with Crippen molar-refractivity contribution in [2.24, 2.45) is 0 Å². The van der Waals surface area contributed by atoms with Crippen LogP contribution in [0.15, 0.2) is 18.2 Å². The number of carbonyl (C=O) groups excluding carboxylic acids is 1. The molecular weight excluding hydrogens is 333 g/mol. The number of nitrogens with zero attached hydrogens (tertiary/aromatic N) is 1. The number of nitrogens with one attached hydrogen (secondary N) is 2. The van der Waals surface area contributed by atoms with Gasteiger partial charge in [0.15, 0.2) is 0 Å². The van der Waals surface area contributed by atoms with Crippen LogP contribution in [0.25, 0.3) is 0 Å². The number of para-hydroxylation sites is 1. The van der Waals surface area contributed by atoms with Gasteiger partial charge in [0.05, 0.1) is 6.54 Å². The summed E-state index contributed by atoms with van der Waals surface area (Å²) >= 11 is 0. The topological polar surface area (TPSA) is 44.4 Å². The normalized spacial score (nSPS) is 22.6. The number of fused-ring (bicyclic) bond motifs is 2. The Balaban J connectivity index is 0.00000132. The van der Waals surface area contributed by atoms with Crippen LogP contribution in [0.2, 0.25) is 0 Å². The largest absolute Gasteiger partial charge is 0.376 e. The van der Waals surface area contributed by atoms with E-state index < -0.39 is 0 Å². The van der Waals surface area contributed by atoms with Gasteiger partial charge in [0, 0.05) is 30.9 Å². The van der Waals surface area contributed by atoms with E-state index in [4.69, 9.17) is 0 Å². The van der Waals surface area contributed by atoms with Gasteiger partial charge in [0.2, 0.25) is 5.91 Å². The summed E-state index contributed by atoms with van der Waals surface area (Å²) in [5.41, 5.74) is 3.49. The summed E-state index contributed by atoms with van der Waals surface area (Å²) in [6, 6.07) is 7.33. The number of hydrogen-bond donors (Lipinski definition) is 2. The van der Waals surface area contributed by atoms with Gasteiger partial charge in [-0.1, -0.05) is 18.2 Å². The van der Waals surface area contributed by atoms with Crippen LogP contribution in [0.5, 0.6) is 0 Å². The summed E-state index contributed by atoms with van der Waals surface area (Å²) in [6.45, 7) is 6.30. The zero-order chi connectivity index (χ0) is 14.8. The lowest BCUT2D eigenvalue weighted by Crippen LogP contribution is -2.41. The number of anilines is 1. The molecule has 6 heteroatoms. The number of rotatable bonds is 3. The second-order valence-electron chi connectivity index (χ2n) is 6.39. The molecule has 2 aliphatic heterocycles. The number of likely N-dealkylation sites (tertiary alicyclic amines) is 1. The molecule has 0 aromatic heterocycles. The van der Waals surface area contributed by atoms with Gasteiger partial charge in [-0.05, 0) is 44.2 Å². The summed E-state index contributed by atoms with van der Waals surface area (Å²) in [5, 5.41) is 6.95. The summed E-state index contributed by atoms with van der Waals surface area (Å²) in [7, 11) is 0. The summed E-state index contributed by atoms with van der Waals surface area (Å²) in [6.07, 6.45) is 3.57. The predicted molar refractivity (Wildman–Crippen MR) is 100 cm³/mol. The molecule has 1 amide bonds. The van der Waals surface area contributed by atoms with E-state index in [1.54, 1.807) is 0 Å². The lowest BCUT2D eigenvalue weighted by atomic mass is 10.1. The summed E-state index contributed by atoms with van der Waals surface area (Å²) in [4.78, 5) is 14.5. The Morgan fingerprint density at radius 3 is 2.52 bits per heavy atom. The number of halogens is 2. The third-order valence-electron chi connectivity index (χ3n) is 4.77. The van der Waals surface area contributed by atoms with Crippen molar-refractivity contribution in [2.75, 3.05) is 25.0 Å². The fraction of sp³-hybridized carbons (Fsp3) is 0.588. The van der Waals surface area contributed by atoms with Gasteiger partial charge in [-0.3, -0.25) is 4.79 Å². The average molecular weight is 360 g/mol. The van der Waals surface area contributed by atoms with Gasteiger partial charge < -0.3 is 15.5 Å². The number of hydrogen-bond acceptors (Lipinski definition) is 3. The van der Waals surface area contributed by atoms with Crippen LogP contribution in [0.3, 0.4) is 0 Å². The Morgan fingerprint density at radius 2 is 1.83 bits per heavy atom. The first kappa shape index (κ1) is 20.1. The Kier molecular flexibility index (Phi) is 7.65. The average Bonchev–Trinajstić information content (AvgIpc) is 2.77. The first-order chi connectivity index (χ1) is 10.1. The Morgan fingerprint density at radius 1 is 1.17 bits per heavy atom. The van der Waals surface area contributed by atoms with Crippen LogP contribution in [0.4, 0.5) is 5.69 Å². The highest BCUT2D eigenvalue weighted by Gasteiger charge is 2.30. The van der Waals surface area contributed by atoms with Crippen LogP contribution in [0, 0.1) is 13.8 Å². The fourth-order valence-corrected chi connectivity index (χ4v) is 3.54. The highest BCUT2D eigenvalue weighted by Crippen LogP contribution is 2.21. The molecule has 2 bridgehead atoms. The van der Waals surface area contributed by atoms with Gasteiger partial charge in [0.1, 0.15) is 0 Å². The maximum atomic E-state index is 12.5. The molecule has 2 unspecified atom stereocenters. The molecule has 23 heavy (non-hydrogen) atoms. The monoisotopic (exact) mass is 359 g/mol. The third-order valence-corrected chi connectivity index (χ3v) is 4.77. The SMILES string of the molecule is Cc1cccc(C)c1NCC(=O)N1CCC2CCC(C1)N2.Cl.Cl. The molecule has 2 fully saturated rings. The minimum absolute atomic E-state index is 0. The lowest BCUT2D eigenvalue weighted by Gasteiger charge is -2.25. The fourth-order valence-electron chi connectivity index (χ4n) is 3.54. The van der Waals surface area contributed by atoms with E-state index in [1.165, 1.54) is 24.0 Å². The van der Waals surface area contributed by atoms with Crippen molar-refractivity contribution in [3.8, 4) is 0 Å². The van der Waals surface area contributed by atoms with E-state index >= 15 is 0 Å². The lowest BCUT2D eigenvalue weighted by molar-refractivity contribution is -0.129. The van der Waals surface area contributed by atoms with Gasteiger partial charge in [-0.25, -0.2) is 0 Å². The predicted octanol–water partition coefficient (Wildman–Crippen LogP) is 2.91. The minimum Gasteiger partial charge on any atom is -0.376 e. The zero-order valence-corrected chi connectivity index (χ0v) is 15.4. The number of benzene rings is 1. The van der Waals surface area contributed by atoms with Gasteiger partial charge in [-0.2, -0.15) is 0 Å². The van der Waals surface area contributed by atoms with Crippen LogP contribution >= 0.6 is 24.8 Å². The molecule has 2 aliphatic rings. The van der Waals surface area contributed by atoms with E-state index in [-0.39, 0.29) is 30.7 Å². The summed E-state index contributed by atoms with van der Waals surface area (Å²) in [5.74, 6) is 0.215. The van der Waals surface area contributed by atoms with Crippen molar-refractivity contribution < 1.29 is 4.79 Å². The smallest absolute Gasteiger partial charge is 0.241 e. The standard InChI is InChI=1S/C17H25N3O.2ClH/c1-12-4-3-5-13(2)17(12)18-10-16(21)20-9-8-14-6-7-15(11-20)19-14;;/h3-5,14-15,18-19H,6-11H2,1-2H3;2*1H. The highest BCUT2D eigenvalue weighted by molar-refractivity contribution is 5.85. The van der Waals surface area contributed by atoms with Crippen molar-refractivity contribution in [2.45, 2.75) is 45.2 Å². The minimum atomic E-state index is 0. The molecule has 1 aromatic carbocycles. The van der Waals surface area contributed by atoms with Crippen LogP contribution in [-0.2, 0) is 4.79 Å². The summed E-state index contributed by atoms with van der Waals surface area (Å²) < 4.78 is 0. The van der Waals surface area contributed by atoms with Crippen molar-refractivity contribution in [1.29, 1.82) is 0 Å². The number of carbonyl (C=O) groups is 1. The third kappa shape index (κ3) is 4.75. The van der Waals surface area contributed by atoms with Gasteiger partial charge in [0.25, 0.3) is 0 Å². The molecular formula is C17H27Cl2N3O. The molecule has 0 saturated carbocycles. The molecule has 0 spiro atoms. The highest BCUT2D eigenvalue weighted by atomic mass is 35.5. The van der Waals surface area contributed by atoms with Crippen LogP contribution in [0.1, 0.15) is 30.4 Å². The maximum absolute atomic E-state index is 12.5. The molecule has 0 aliphatic carbocycles. The number of aryl methyl sites for hydroxylation is 2. The maximum Gasteiger partial charge on any atom is 0.241 e. The first-order valence-electron chi connectivity index (χ1n) is 7.97. The van der Waals surface area contributed by atoms with E-state index in [1.807, 2.05) is 4.90 Å². The molecule has 2 atom stereocenters. The molecule has 2 N–H and O–H groups in total. The van der Waals surface area contributed by atoms with Crippen molar-refractivity contribution in [3.63, 3.8) is 0 Å². The van der Waals surface area contributed by atoms with E-state index in [2.05, 4.69) is 42.7 Å². The van der Waals surface area contributed by atoms with Gasteiger partial charge >= 0.3 is 0 Å². The molecule has 2 heterocycles. The molecule has 1 aromatic rings. The van der Waals surface area contributed by atoms with Crippen molar-refractivity contribution in [1.82, 2.24) is 10.2 Å². The van der Waals surface area contributed by atoms with Crippen molar-refractivity contribution >= 4 is 36.4 Å². The zero-order valence-electron chi connectivity index (χ0n) is 13.8. The molecule has 2 saturated heterocycles. The van der Waals surface area contributed by atoms with E-state index in [9.17, 15) is 4.79 Å². The number of amides is 1. The molecule has 0 radical (unpaired) electrons. The second-order valence-corrected chi connectivity index (χ2v) is 6.39. The Bertz CT molecular complexity index is 518. The Labute approximate surface area is 151 Å². The second kappa shape index (κ2) is 8.76. The van der Waals surface area contributed by atoms with E-state index in [0.717, 1.165) is 25.2 Å². The van der Waals surface area contributed by atoms with Crippen molar-refractivity contribution in [3.05, 3.63) is 29.3 Å². The first-order valence-corrected chi connectivity index (χ1v) is 7.97. The van der Waals surface area contributed by atoms with Crippen LogP contribution < -0.4 is 10.6 Å². The van der Waals surface area contributed by atoms with E-state index in [0.29, 0.717) is 18.6 Å². The van der Waals surface area contributed by atoms with Gasteiger partial charge in [-0.15, -0.1) is 24.8 Å². The molecule has 3 rings (SSSR count). The molecule has 4 nitrogen and oxygen atoms in total.